The predicted molar refractivity (Wildman–Crippen MR) is 120 cm³/mol. The van der Waals surface area contributed by atoms with Gasteiger partial charge in [0, 0.05) is 30.9 Å². The van der Waals surface area contributed by atoms with Crippen LogP contribution in [0.25, 0.3) is 16.6 Å². The molecule has 1 aromatic carbocycles. The van der Waals surface area contributed by atoms with E-state index in [0.29, 0.717) is 13.0 Å². The second-order valence-corrected chi connectivity index (χ2v) is 10.6. The predicted octanol–water partition coefficient (Wildman–Crippen LogP) is 3.32. The van der Waals surface area contributed by atoms with Crippen LogP contribution in [0.1, 0.15) is 17.5 Å². The molecule has 1 aliphatic rings. The Labute approximate surface area is 180 Å². The van der Waals surface area contributed by atoms with Crippen molar-refractivity contribution in [2.45, 2.75) is 19.0 Å². The van der Waals surface area contributed by atoms with Crippen molar-refractivity contribution in [1.29, 1.82) is 0 Å². The third-order valence-corrected chi connectivity index (χ3v) is 7.87. The number of nitrogens with zero attached hydrogens (tertiary/aromatic N) is 3. The maximum absolute atomic E-state index is 12.6. The third kappa shape index (κ3) is 4.71. The zero-order valence-electron chi connectivity index (χ0n) is 16.6. The number of carbonyl (C=O) groups is 1. The quantitative estimate of drug-likeness (QED) is 0.550. The van der Waals surface area contributed by atoms with Gasteiger partial charge in [0.2, 0.25) is 5.91 Å². The van der Waals surface area contributed by atoms with Crippen molar-refractivity contribution in [2.75, 3.05) is 18.6 Å². The molecule has 0 aliphatic carbocycles. The Balaban J connectivity index is 1.55. The molecule has 2 aromatic heterocycles. The number of benzene rings is 1. The van der Waals surface area contributed by atoms with E-state index in [2.05, 4.69) is 12.1 Å². The molecule has 4 rings (SSSR count). The first-order chi connectivity index (χ1) is 14.4. The molecule has 6 nitrogen and oxygen atoms in total. The van der Waals surface area contributed by atoms with Crippen molar-refractivity contribution < 1.29 is 13.2 Å². The van der Waals surface area contributed by atoms with Gasteiger partial charge in [0.25, 0.3) is 0 Å². The number of likely N-dealkylation sites (N-methyl/N-ethyl adjacent to an activating group) is 1. The number of hydrogen-bond acceptors (Lipinski definition) is 5. The van der Waals surface area contributed by atoms with Crippen LogP contribution < -0.4 is 0 Å². The molecule has 8 heteroatoms. The maximum atomic E-state index is 12.6. The summed E-state index contributed by atoms with van der Waals surface area (Å²) in [5.74, 6) is -0.0168. The van der Waals surface area contributed by atoms with Crippen molar-refractivity contribution in [2.24, 2.45) is 0 Å². The van der Waals surface area contributed by atoms with E-state index in [0.717, 1.165) is 21.7 Å². The molecule has 0 saturated carbocycles. The summed E-state index contributed by atoms with van der Waals surface area (Å²) >= 11 is 1.60. The van der Waals surface area contributed by atoms with Gasteiger partial charge in [0.15, 0.2) is 9.84 Å². The van der Waals surface area contributed by atoms with Crippen LogP contribution >= 0.6 is 11.3 Å². The summed E-state index contributed by atoms with van der Waals surface area (Å²) in [6.07, 6.45) is 5.71. The lowest BCUT2D eigenvalue weighted by molar-refractivity contribution is -0.126. The van der Waals surface area contributed by atoms with Gasteiger partial charge < -0.3 is 4.90 Å². The minimum Gasteiger partial charge on any atom is -0.338 e. The van der Waals surface area contributed by atoms with Crippen LogP contribution in [0.5, 0.6) is 0 Å². The first-order valence-electron chi connectivity index (χ1n) is 9.72. The average Bonchev–Trinajstić information content (AvgIpc) is 3.46. The number of rotatable bonds is 6. The van der Waals surface area contributed by atoms with Crippen molar-refractivity contribution in [1.82, 2.24) is 14.7 Å². The van der Waals surface area contributed by atoms with Gasteiger partial charge in [-0.25, -0.2) is 8.42 Å². The summed E-state index contributed by atoms with van der Waals surface area (Å²) in [6, 6.07) is 13.8. The summed E-state index contributed by atoms with van der Waals surface area (Å²) in [7, 11) is -1.37. The average molecular weight is 442 g/mol. The Morgan fingerprint density at radius 3 is 2.73 bits per heavy atom. The number of hydrogen-bond donors (Lipinski definition) is 0. The second-order valence-electron chi connectivity index (χ2n) is 7.43. The molecule has 1 saturated heterocycles. The minimum atomic E-state index is -3.03. The third-order valence-electron chi connectivity index (χ3n) is 5.24. The Morgan fingerprint density at radius 2 is 2.07 bits per heavy atom. The fraction of sp³-hybridized carbons (Fsp3) is 0.273. The van der Waals surface area contributed by atoms with Crippen LogP contribution in [-0.4, -0.2) is 53.6 Å². The highest BCUT2D eigenvalue weighted by Gasteiger charge is 2.32. The highest BCUT2D eigenvalue weighted by Crippen LogP contribution is 2.28. The molecule has 0 radical (unpaired) electrons. The van der Waals surface area contributed by atoms with E-state index in [1.165, 1.54) is 11.0 Å². The van der Waals surface area contributed by atoms with Crippen molar-refractivity contribution in [3.63, 3.8) is 0 Å². The van der Waals surface area contributed by atoms with E-state index < -0.39 is 9.84 Å². The normalized spacial score (nSPS) is 18.1. The Morgan fingerprint density at radius 1 is 1.27 bits per heavy atom. The highest BCUT2D eigenvalue weighted by atomic mass is 32.2. The summed E-state index contributed by atoms with van der Waals surface area (Å²) in [5.41, 5.74) is 2.83. The van der Waals surface area contributed by atoms with Crippen LogP contribution in [0.15, 0.2) is 60.1 Å². The van der Waals surface area contributed by atoms with Gasteiger partial charge in [-0.3, -0.25) is 9.48 Å². The fourth-order valence-corrected chi connectivity index (χ4v) is 6.06. The lowest BCUT2D eigenvalue weighted by Gasteiger charge is -2.21. The summed E-state index contributed by atoms with van der Waals surface area (Å²) in [6.45, 7) is 0.640. The van der Waals surface area contributed by atoms with Gasteiger partial charge in [-0.2, -0.15) is 5.10 Å². The molecule has 156 valence electrons. The molecule has 30 heavy (non-hydrogen) atoms. The lowest BCUT2D eigenvalue weighted by atomic mass is 10.2. The highest BCUT2D eigenvalue weighted by molar-refractivity contribution is 7.91. The maximum Gasteiger partial charge on any atom is 0.246 e. The number of amides is 1. The summed E-state index contributed by atoms with van der Waals surface area (Å²) < 4.78 is 25.3. The van der Waals surface area contributed by atoms with Gasteiger partial charge >= 0.3 is 0 Å². The number of sulfone groups is 1. The van der Waals surface area contributed by atoms with Crippen LogP contribution in [0, 0.1) is 0 Å². The molecular weight excluding hydrogens is 418 g/mol. The molecule has 1 fully saturated rings. The van der Waals surface area contributed by atoms with Gasteiger partial charge in [0.05, 0.1) is 22.9 Å². The zero-order valence-corrected chi connectivity index (χ0v) is 18.3. The SMILES string of the molecule is CN(C(=O)C=Cc1cn(Cc2ccccc2)nc1-c1cccs1)C1CCS(=O)(=O)C1. The smallest absolute Gasteiger partial charge is 0.246 e. The fourth-order valence-electron chi connectivity index (χ4n) is 3.55. The lowest BCUT2D eigenvalue weighted by Crippen LogP contribution is -2.36. The van der Waals surface area contributed by atoms with Crippen LogP contribution in [0.2, 0.25) is 0 Å². The monoisotopic (exact) mass is 441 g/mol. The first kappa shape index (κ1) is 20.6. The molecule has 3 heterocycles. The molecule has 1 unspecified atom stereocenters. The zero-order chi connectivity index (χ0) is 21.1. The summed E-state index contributed by atoms with van der Waals surface area (Å²) in [4.78, 5) is 15.2. The Bertz CT molecular complexity index is 1150. The number of aromatic nitrogens is 2. The Hall–Kier alpha value is -2.71. The van der Waals surface area contributed by atoms with E-state index in [1.54, 1.807) is 24.5 Å². The second kappa shape index (κ2) is 8.57. The van der Waals surface area contributed by atoms with Gasteiger partial charge in [-0.15, -0.1) is 11.3 Å². The van der Waals surface area contributed by atoms with Crippen molar-refractivity contribution in [3.05, 3.63) is 71.2 Å². The molecule has 1 aliphatic heterocycles. The molecule has 0 bridgehead atoms. The van der Waals surface area contributed by atoms with Crippen LogP contribution in [0.3, 0.4) is 0 Å². The summed E-state index contributed by atoms with van der Waals surface area (Å²) in [5, 5.41) is 6.74. The minimum absolute atomic E-state index is 0.0402. The van der Waals surface area contributed by atoms with Crippen molar-refractivity contribution in [3.8, 4) is 10.6 Å². The topological polar surface area (TPSA) is 72.3 Å². The molecule has 1 amide bonds. The van der Waals surface area contributed by atoms with Crippen LogP contribution in [0.4, 0.5) is 0 Å². The molecule has 1 atom stereocenters. The Kier molecular flexibility index (Phi) is 5.87. The van der Waals surface area contributed by atoms with E-state index in [4.69, 9.17) is 5.10 Å². The molecule has 0 N–H and O–H groups in total. The number of carbonyl (C=O) groups excluding carboxylic acids is 1. The van der Waals surface area contributed by atoms with Gasteiger partial charge in [-0.05, 0) is 29.5 Å². The number of thiophene rings is 1. The van der Waals surface area contributed by atoms with E-state index >= 15 is 0 Å². The molecule has 0 spiro atoms. The molecular formula is C22H23N3O3S2. The van der Waals surface area contributed by atoms with Crippen molar-refractivity contribution >= 4 is 33.2 Å². The van der Waals surface area contributed by atoms with Gasteiger partial charge in [0.1, 0.15) is 5.69 Å². The molecule has 3 aromatic rings. The van der Waals surface area contributed by atoms with E-state index in [9.17, 15) is 13.2 Å². The van der Waals surface area contributed by atoms with Crippen LogP contribution in [-0.2, 0) is 21.2 Å². The van der Waals surface area contributed by atoms with E-state index in [1.807, 2.05) is 46.6 Å². The largest absolute Gasteiger partial charge is 0.338 e. The van der Waals surface area contributed by atoms with Gasteiger partial charge in [-0.1, -0.05) is 36.4 Å². The first-order valence-corrected chi connectivity index (χ1v) is 12.4. The van der Waals surface area contributed by atoms with E-state index in [-0.39, 0.29) is 23.5 Å². The standard InChI is InChI=1S/C22H23N3O3S2/c1-24(19-11-13-30(27,28)16-19)21(26)10-9-18-15-25(14-17-6-3-2-4-7-17)23-22(18)20-8-5-12-29-20/h2-10,12,15,19H,11,13-14,16H2,1H3.